The van der Waals surface area contributed by atoms with Crippen molar-refractivity contribution in [1.29, 1.82) is 0 Å². The largest absolute Gasteiger partial charge is 0.377 e. The Hall–Kier alpha value is -1.13. The van der Waals surface area contributed by atoms with E-state index in [0.717, 1.165) is 21.1 Å². The van der Waals surface area contributed by atoms with Crippen LogP contribution in [-0.2, 0) is 0 Å². The van der Waals surface area contributed by atoms with Crippen LogP contribution in [0.15, 0.2) is 34.9 Å². The lowest BCUT2D eigenvalue weighted by atomic mass is 9.95. The first-order valence-corrected chi connectivity index (χ1v) is 7.44. The van der Waals surface area contributed by atoms with Crippen molar-refractivity contribution in [3.63, 3.8) is 0 Å². The van der Waals surface area contributed by atoms with Gasteiger partial charge in [0, 0.05) is 28.1 Å². The van der Waals surface area contributed by atoms with Gasteiger partial charge < -0.3 is 11.1 Å². The van der Waals surface area contributed by atoms with Crippen LogP contribution in [0.4, 0.5) is 5.69 Å². The Morgan fingerprint density at radius 2 is 2.26 bits per heavy atom. The maximum Gasteiger partial charge on any atom is 0.0934 e. The molecule has 1 atom stereocenters. The van der Waals surface area contributed by atoms with Crippen LogP contribution in [-0.4, -0.2) is 17.1 Å². The Morgan fingerprint density at radius 3 is 2.95 bits per heavy atom. The van der Waals surface area contributed by atoms with Gasteiger partial charge in [0.1, 0.15) is 0 Å². The van der Waals surface area contributed by atoms with Crippen LogP contribution in [0.1, 0.15) is 19.8 Å². The first-order chi connectivity index (χ1) is 9.12. The standard InChI is InChI=1S/C15H18BrN3/c1-15(9-17,11-5-6-11)19-13-4-2-3-10-7-12(16)8-18-14(10)13/h2-4,7-8,11,19H,5-6,9,17H2,1H3. The molecule has 1 saturated carbocycles. The summed E-state index contributed by atoms with van der Waals surface area (Å²) >= 11 is 3.46. The lowest BCUT2D eigenvalue weighted by molar-refractivity contribution is 0.460. The minimum absolute atomic E-state index is 0.0248. The number of halogens is 1. The number of rotatable bonds is 4. The molecule has 0 radical (unpaired) electrons. The van der Waals surface area contributed by atoms with E-state index in [0.29, 0.717) is 12.5 Å². The second kappa shape index (κ2) is 4.76. The van der Waals surface area contributed by atoms with Crippen molar-refractivity contribution < 1.29 is 0 Å². The van der Waals surface area contributed by atoms with E-state index < -0.39 is 0 Å². The summed E-state index contributed by atoms with van der Waals surface area (Å²) in [5.74, 6) is 0.684. The summed E-state index contributed by atoms with van der Waals surface area (Å²) in [6.07, 6.45) is 4.37. The number of nitrogens with two attached hydrogens (primary N) is 1. The first-order valence-electron chi connectivity index (χ1n) is 6.65. The number of hydrogen-bond acceptors (Lipinski definition) is 3. The molecule has 0 aliphatic heterocycles. The van der Waals surface area contributed by atoms with Gasteiger partial charge in [-0.15, -0.1) is 0 Å². The van der Waals surface area contributed by atoms with Crippen molar-refractivity contribution in [2.24, 2.45) is 11.7 Å². The van der Waals surface area contributed by atoms with Gasteiger partial charge in [-0.1, -0.05) is 12.1 Å². The summed E-state index contributed by atoms with van der Waals surface area (Å²) in [5, 5.41) is 4.76. The first kappa shape index (κ1) is 12.9. The topological polar surface area (TPSA) is 50.9 Å². The maximum absolute atomic E-state index is 5.97. The van der Waals surface area contributed by atoms with Crippen molar-refractivity contribution in [3.8, 4) is 0 Å². The Labute approximate surface area is 121 Å². The zero-order chi connectivity index (χ0) is 13.5. The Bertz CT molecular complexity index is 609. The van der Waals surface area contributed by atoms with Gasteiger partial charge in [-0.3, -0.25) is 4.98 Å². The summed E-state index contributed by atoms with van der Waals surface area (Å²) in [6.45, 7) is 2.85. The summed E-state index contributed by atoms with van der Waals surface area (Å²) in [4.78, 5) is 4.53. The number of nitrogens with one attached hydrogen (secondary N) is 1. The number of pyridine rings is 1. The smallest absolute Gasteiger partial charge is 0.0934 e. The summed E-state index contributed by atoms with van der Waals surface area (Å²) in [7, 11) is 0. The van der Waals surface area contributed by atoms with Gasteiger partial charge in [-0.25, -0.2) is 0 Å². The fourth-order valence-electron chi connectivity index (χ4n) is 2.58. The van der Waals surface area contributed by atoms with Gasteiger partial charge >= 0.3 is 0 Å². The molecule has 1 aliphatic rings. The average molecular weight is 320 g/mol. The van der Waals surface area contributed by atoms with E-state index in [4.69, 9.17) is 5.73 Å². The van der Waals surface area contributed by atoms with E-state index in [1.54, 1.807) is 0 Å². The van der Waals surface area contributed by atoms with Gasteiger partial charge in [0.05, 0.1) is 11.2 Å². The molecule has 0 bridgehead atoms. The van der Waals surface area contributed by atoms with E-state index in [2.05, 4.69) is 57.4 Å². The molecule has 3 nitrogen and oxygen atoms in total. The van der Waals surface area contributed by atoms with Crippen molar-refractivity contribution >= 4 is 32.5 Å². The second-order valence-electron chi connectivity index (χ2n) is 5.55. The molecule has 0 spiro atoms. The molecule has 3 rings (SSSR count). The zero-order valence-corrected chi connectivity index (χ0v) is 12.6. The number of anilines is 1. The molecule has 1 fully saturated rings. The predicted octanol–water partition coefficient (Wildman–Crippen LogP) is 3.54. The van der Waals surface area contributed by atoms with E-state index in [-0.39, 0.29) is 5.54 Å². The molecule has 2 aromatic rings. The molecule has 0 amide bonds. The Kier molecular flexibility index (Phi) is 3.23. The number of nitrogens with zero attached hydrogens (tertiary/aromatic N) is 1. The molecule has 19 heavy (non-hydrogen) atoms. The summed E-state index contributed by atoms with van der Waals surface area (Å²) in [6, 6.07) is 8.31. The van der Waals surface area contributed by atoms with Crippen LogP contribution in [0, 0.1) is 5.92 Å². The van der Waals surface area contributed by atoms with Crippen LogP contribution in [0.25, 0.3) is 10.9 Å². The predicted molar refractivity (Wildman–Crippen MR) is 83.2 cm³/mol. The second-order valence-corrected chi connectivity index (χ2v) is 6.47. The lowest BCUT2D eigenvalue weighted by Crippen LogP contribution is -2.44. The molecule has 1 aliphatic carbocycles. The van der Waals surface area contributed by atoms with Crippen molar-refractivity contribution in [1.82, 2.24) is 4.98 Å². The van der Waals surface area contributed by atoms with E-state index in [1.165, 1.54) is 12.8 Å². The van der Waals surface area contributed by atoms with Crippen LogP contribution >= 0.6 is 15.9 Å². The molecule has 3 N–H and O–H groups in total. The Balaban J connectivity index is 2.00. The summed E-state index contributed by atoms with van der Waals surface area (Å²) in [5.41, 5.74) is 8.03. The van der Waals surface area contributed by atoms with Gasteiger partial charge in [0.25, 0.3) is 0 Å². The third-order valence-electron chi connectivity index (χ3n) is 4.00. The molecule has 4 heteroatoms. The van der Waals surface area contributed by atoms with Gasteiger partial charge in [-0.2, -0.15) is 0 Å². The molecular weight excluding hydrogens is 302 g/mol. The number of para-hydroxylation sites is 1. The van der Waals surface area contributed by atoms with Crippen molar-refractivity contribution in [2.75, 3.05) is 11.9 Å². The van der Waals surface area contributed by atoms with E-state index in [9.17, 15) is 0 Å². The highest BCUT2D eigenvalue weighted by Gasteiger charge is 2.40. The average Bonchev–Trinajstić information content (AvgIpc) is 3.23. The van der Waals surface area contributed by atoms with E-state index in [1.807, 2.05) is 6.20 Å². The van der Waals surface area contributed by atoms with Crippen LogP contribution in [0.5, 0.6) is 0 Å². The number of hydrogen-bond donors (Lipinski definition) is 2. The molecule has 0 saturated heterocycles. The minimum atomic E-state index is -0.0248. The van der Waals surface area contributed by atoms with E-state index >= 15 is 0 Å². The van der Waals surface area contributed by atoms with Gasteiger partial charge in [-0.05, 0) is 53.7 Å². The molecule has 1 heterocycles. The molecule has 100 valence electrons. The van der Waals surface area contributed by atoms with Gasteiger partial charge in [0.2, 0.25) is 0 Å². The highest BCUT2D eigenvalue weighted by atomic mass is 79.9. The van der Waals surface area contributed by atoms with Gasteiger partial charge in [0.15, 0.2) is 0 Å². The Morgan fingerprint density at radius 1 is 1.47 bits per heavy atom. The normalized spacial score (nSPS) is 18.3. The molecule has 1 aromatic carbocycles. The van der Waals surface area contributed by atoms with Crippen molar-refractivity contribution in [3.05, 3.63) is 34.9 Å². The van der Waals surface area contributed by atoms with Crippen LogP contribution in [0.3, 0.4) is 0 Å². The zero-order valence-electron chi connectivity index (χ0n) is 11.0. The highest BCUT2D eigenvalue weighted by molar-refractivity contribution is 9.10. The number of aromatic nitrogens is 1. The third kappa shape index (κ3) is 2.47. The monoisotopic (exact) mass is 319 g/mol. The number of fused-ring (bicyclic) bond motifs is 1. The highest BCUT2D eigenvalue weighted by Crippen LogP contribution is 2.41. The van der Waals surface area contributed by atoms with Crippen LogP contribution < -0.4 is 11.1 Å². The van der Waals surface area contributed by atoms with Crippen molar-refractivity contribution in [2.45, 2.75) is 25.3 Å². The fraction of sp³-hybridized carbons (Fsp3) is 0.400. The van der Waals surface area contributed by atoms with Crippen LogP contribution in [0.2, 0.25) is 0 Å². The minimum Gasteiger partial charge on any atom is -0.377 e. The SMILES string of the molecule is CC(CN)(Nc1cccc2cc(Br)cnc12)C1CC1. The maximum atomic E-state index is 5.97. The molecule has 1 aromatic heterocycles. The quantitative estimate of drug-likeness (QED) is 0.906. The third-order valence-corrected chi connectivity index (χ3v) is 4.43. The fourth-order valence-corrected chi connectivity index (χ4v) is 2.93. The summed E-state index contributed by atoms with van der Waals surface area (Å²) < 4.78 is 1.00. The number of benzene rings is 1. The molecular formula is C15H18BrN3. The lowest BCUT2D eigenvalue weighted by Gasteiger charge is -2.31. The molecule has 1 unspecified atom stereocenters.